The standard InChI is InChI=1S/C26H33N3O5S/c1-25(2,29(3)35(32,33)20-9-5-7-17-8-6-10-27-22(17)20)23(30)28-21-18-11-16-12-19(21)15-26(13-16,14-18)24(31)34-4/h5-10,16,18-19,21H,11-15H2,1-4H3,(H,28,30). The van der Waals surface area contributed by atoms with Crippen molar-refractivity contribution in [1.82, 2.24) is 14.6 Å². The van der Waals surface area contributed by atoms with Gasteiger partial charge in [-0.25, -0.2) is 8.42 Å². The lowest BCUT2D eigenvalue weighted by Crippen LogP contribution is -2.64. The van der Waals surface area contributed by atoms with Crippen LogP contribution < -0.4 is 5.32 Å². The van der Waals surface area contributed by atoms with Gasteiger partial charge in [-0.3, -0.25) is 14.6 Å². The molecular weight excluding hydrogens is 466 g/mol. The molecule has 4 aliphatic rings. The first kappa shape index (κ1) is 24.2. The van der Waals surface area contributed by atoms with Gasteiger partial charge in [0.1, 0.15) is 10.4 Å². The van der Waals surface area contributed by atoms with E-state index in [0.717, 1.165) is 29.0 Å². The number of aromatic nitrogens is 1. The lowest BCUT2D eigenvalue weighted by atomic mass is 9.48. The molecule has 2 unspecified atom stereocenters. The Morgan fingerprint density at radius 1 is 1.11 bits per heavy atom. The summed E-state index contributed by atoms with van der Waals surface area (Å²) in [4.78, 5) is 30.5. The largest absolute Gasteiger partial charge is 0.469 e. The number of sulfonamides is 1. The third-order valence-electron chi connectivity index (χ3n) is 8.77. The van der Waals surface area contributed by atoms with Crippen molar-refractivity contribution >= 4 is 32.8 Å². The van der Waals surface area contributed by atoms with Crippen molar-refractivity contribution in [3.8, 4) is 0 Å². The van der Waals surface area contributed by atoms with E-state index in [-0.39, 0.29) is 34.6 Å². The summed E-state index contributed by atoms with van der Waals surface area (Å²) < 4.78 is 33.6. The zero-order chi connectivity index (χ0) is 25.2. The van der Waals surface area contributed by atoms with Crippen molar-refractivity contribution in [2.75, 3.05) is 14.2 Å². The van der Waals surface area contributed by atoms with Gasteiger partial charge in [-0.15, -0.1) is 0 Å². The fraction of sp³-hybridized carbons (Fsp3) is 0.577. The van der Waals surface area contributed by atoms with Gasteiger partial charge < -0.3 is 10.1 Å². The van der Waals surface area contributed by atoms with Gasteiger partial charge in [0, 0.05) is 24.7 Å². The van der Waals surface area contributed by atoms with Crippen LogP contribution in [0.2, 0.25) is 0 Å². The van der Waals surface area contributed by atoms with Crippen LogP contribution in [-0.2, 0) is 24.3 Å². The maximum Gasteiger partial charge on any atom is 0.311 e. The van der Waals surface area contributed by atoms with E-state index in [1.807, 2.05) is 12.1 Å². The Kier molecular flexibility index (Phi) is 5.71. The number of pyridine rings is 1. The molecule has 1 heterocycles. The van der Waals surface area contributed by atoms with Crippen LogP contribution >= 0.6 is 0 Å². The summed E-state index contributed by atoms with van der Waals surface area (Å²) >= 11 is 0. The average Bonchev–Trinajstić information content (AvgIpc) is 2.84. The highest BCUT2D eigenvalue weighted by atomic mass is 32.2. The van der Waals surface area contributed by atoms with Crippen molar-refractivity contribution in [3.05, 3.63) is 36.5 Å². The second kappa shape index (κ2) is 8.27. The zero-order valence-electron chi connectivity index (χ0n) is 20.7. The molecule has 6 rings (SSSR count). The quantitative estimate of drug-likeness (QED) is 0.612. The second-order valence-electron chi connectivity index (χ2n) is 11.1. The van der Waals surface area contributed by atoms with Gasteiger partial charge >= 0.3 is 5.97 Å². The smallest absolute Gasteiger partial charge is 0.311 e. The average molecular weight is 500 g/mol. The minimum atomic E-state index is -4.01. The van der Waals surface area contributed by atoms with E-state index in [1.165, 1.54) is 20.2 Å². The zero-order valence-corrected chi connectivity index (χ0v) is 21.5. The first-order valence-electron chi connectivity index (χ1n) is 12.2. The number of methoxy groups -OCH3 is 1. The van der Waals surface area contributed by atoms with Crippen LogP contribution in [0.5, 0.6) is 0 Å². The lowest BCUT2D eigenvalue weighted by Gasteiger charge is -2.58. The van der Waals surface area contributed by atoms with E-state index in [0.29, 0.717) is 24.3 Å². The molecule has 0 radical (unpaired) electrons. The van der Waals surface area contributed by atoms with Crippen LogP contribution in [-0.4, -0.2) is 55.3 Å². The number of carbonyl (C=O) groups excluding carboxylic acids is 2. The second-order valence-corrected chi connectivity index (χ2v) is 13.0. The maximum absolute atomic E-state index is 13.6. The molecule has 0 saturated heterocycles. The maximum atomic E-state index is 13.6. The summed E-state index contributed by atoms with van der Waals surface area (Å²) in [5.41, 5.74) is -1.37. The highest BCUT2D eigenvalue weighted by Crippen LogP contribution is 2.60. The van der Waals surface area contributed by atoms with Gasteiger partial charge in [0.25, 0.3) is 0 Å². The first-order chi connectivity index (χ1) is 16.5. The number of hydrogen-bond donors (Lipinski definition) is 1. The number of amides is 1. The molecule has 1 aromatic carbocycles. The Hall–Kier alpha value is -2.52. The summed E-state index contributed by atoms with van der Waals surface area (Å²) in [7, 11) is -1.11. The van der Waals surface area contributed by atoms with Gasteiger partial charge in [-0.05, 0) is 75.8 Å². The third-order valence-corrected chi connectivity index (χ3v) is 10.8. The number of nitrogens with zero attached hydrogens (tertiary/aromatic N) is 2. The van der Waals surface area contributed by atoms with Crippen LogP contribution in [0, 0.1) is 23.2 Å². The van der Waals surface area contributed by atoms with Crippen molar-refractivity contribution in [3.63, 3.8) is 0 Å². The summed E-state index contributed by atoms with van der Waals surface area (Å²) in [5.74, 6) is 0.418. The Morgan fingerprint density at radius 3 is 2.43 bits per heavy atom. The number of ether oxygens (including phenoxy) is 1. The lowest BCUT2D eigenvalue weighted by molar-refractivity contribution is -0.171. The Labute approximate surface area is 206 Å². The molecule has 1 N–H and O–H groups in total. The molecule has 2 aromatic rings. The first-order valence-corrected chi connectivity index (χ1v) is 13.7. The van der Waals surface area contributed by atoms with E-state index in [2.05, 4.69) is 10.3 Å². The highest BCUT2D eigenvalue weighted by Gasteiger charge is 2.59. The number of fused-ring (bicyclic) bond motifs is 1. The minimum Gasteiger partial charge on any atom is -0.469 e. The van der Waals surface area contributed by atoms with Crippen molar-refractivity contribution in [2.24, 2.45) is 23.2 Å². The molecule has 2 atom stereocenters. The monoisotopic (exact) mass is 499 g/mol. The number of hydrogen-bond acceptors (Lipinski definition) is 6. The van der Waals surface area contributed by atoms with Crippen LogP contribution in [0.25, 0.3) is 10.9 Å². The van der Waals surface area contributed by atoms with Crippen molar-refractivity contribution in [1.29, 1.82) is 0 Å². The normalized spacial score (nSPS) is 30.0. The molecule has 0 aliphatic heterocycles. The molecule has 4 aliphatic carbocycles. The molecule has 4 saturated carbocycles. The summed E-state index contributed by atoms with van der Waals surface area (Å²) in [5, 5.41) is 3.93. The predicted octanol–water partition coefficient (Wildman–Crippen LogP) is 3.12. The fourth-order valence-electron chi connectivity index (χ4n) is 6.93. The molecule has 188 valence electrons. The van der Waals surface area contributed by atoms with Crippen LogP contribution in [0.15, 0.2) is 41.4 Å². The predicted molar refractivity (Wildman–Crippen MR) is 131 cm³/mol. The van der Waals surface area contributed by atoms with Crippen LogP contribution in [0.1, 0.15) is 46.0 Å². The number of esters is 1. The molecule has 4 fully saturated rings. The van der Waals surface area contributed by atoms with E-state index in [4.69, 9.17) is 4.74 Å². The van der Waals surface area contributed by atoms with E-state index in [9.17, 15) is 18.0 Å². The summed E-state index contributed by atoms with van der Waals surface area (Å²) in [6.45, 7) is 3.26. The molecule has 1 amide bonds. The molecule has 4 bridgehead atoms. The van der Waals surface area contributed by atoms with E-state index in [1.54, 1.807) is 32.2 Å². The Balaban J connectivity index is 1.38. The molecule has 9 heteroatoms. The topological polar surface area (TPSA) is 106 Å². The fourth-order valence-corrected chi connectivity index (χ4v) is 8.57. The van der Waals surface area contributed by atoms with Gasteiger partial charge in [0.2, 0.25) is 15.9 Å². The Bertz CT molecular complexity index is 1270. The van der Waals surface area contributed by atoms with E-state index < -0.39 is 21.0 Å². The van der Waals surface area contributed by atoms with Crippen molar-refractivity contribution < 1.29 is 22.7 Å². The SMILES string of the molecule is COC(=O)C12CC3CC(C1)C(NC(=O)C(C)(C)N(C)S(=O)(=O)c1cccc4cccnc14)C(C3)C2. The number of likely N-dealkylation sites (N-methyl/N-ethyl adjacent to an activating group) is 1. The van der Waals surface area contributed by atoms with E-state index >= 15 is 0 Å². The van der Waals surface area contributed by atoms with Gasteiger partial charge in [-0.1, -0.05) is 18.2 Å². The number of rotatable bonds is 6. The van der Waals surface area contributed by atoms with Gasteiger partial charge in [0.05, 0.1) is 18.0 Å². The van der Waals surface area contributed by atoms with Crippen molar-refractivity contribution in [2.45, 2.75) is 62.4 Å². The number of para-hydroxylation sites is 1. The molecule has 35 heavy (non-hydrogen) atoms. The number of benzene rings is 1. The highest BCUT2D eigenvalue weighted by molar-refractivity contribution is 7.89. The van der Waals surface area contributed by atoms with Crippen LogP contribution in [0.3, 0.4) is 0 Å². The number of nitrogens with one attached hydrogen (secondary N) is 1. The third kappa shape index (κ3) is 3.74. The number of carbonyl (C=O) groups is 2. The van der Waals surface area contributed by atoms with Gasteiger partial charge in [0.15, 0.2) is 0 Å². The summed E-state index contributed by atoms with van der Waals surface area (Å²) in [6, 6.07) is 8.53. The summed E-state index contributed by atoms with van der Waals surface area (Å²) in [6.07, 6.45) is 5.83. The van der Waals surface area contributed by atoms with Crippen LogP contribution in [0.4, 0.5) is 0 Å². The molecule has 8 nitrogen and oxygen atoms in total. The van der Waals surface area contributed by atoms with Gasteiger partial charge in [-0.2, -0.15) is 4.31 Å². The molecular formula is C26H33N3O5S. The molecule has 1 aromatic heterocycles. The minimum absolute atomic E-state index is 0.0635. The Morgan fingerprint density at radius 2 is 1.77 bits per heavy atom. The molecule has 0 spiro atoms.